The highest BCUT2D eigenvalue weighted by molar-refractivity contribution is 5.69. The first-order valence-electron chi connectivity index (χ1n) is 6.52. The highest BCUT2D eigenvalue weighted by Crippen LogP contribution is 2.13. The molecule has 4 nitrogen and oxygen atoms in total. The summed E-state index contributed by atoms with van der Waals surface area (Å²) in [6.45, 7) is 0.268. The monoisotopic (exact) mass is 289 g/mol. The smallest absolute Gasteiger partial charge is 0.309 e. The lowest BCUT2D eigenvalue weighted by Crippen LogP contribution is -2.10. The second-order valence-corrected chi connectivity index (χ2v) is 4.46. The summed E-state index contributed by atoms with van der Waals surface area (Å²) in [7, 11) is 0. The van der Waals surface area contributed by atoms with Crippen LogP contribution in [-0.4, -0.2) is 12.6 Å². The van der Waals surface area contributed by atoms with Gasteiger partial charge >= 0.3 is 5.97 Å². The number of halogens is 1. The van der Waals surface area contributed by atoms with Crippen LogP contribution in [0.2, 0.25) is 0 Å². The molecule has 2 rings (SSSR count). The zero-order chi connectivity index (χ0) is 15.1. The van der Waals surface area contributed by atoms with Crippen molar-refractivity contribution < 1.29 is 18.7 Å². The van der Waals surface area contributed by atoms with E-state index in [9.17, 15) is 9.18 Å². The Labute approximate surface area is 122 Å². The fourth-order valence-corrected chi connectivity index (χ4v) is 1.68. The summed E-state index contributed by atoms with van der Waals surface area (Å²) in [6, 6.07) is 12.8. The van der Waals surface area contributed by atoms with Gasteiger partial charge in [-0.3, -0.25) is 4.79 Å². The minimum absolute atomic E-state index is 0.0540. The molecule has 2 aromatic rings. The minimum atomic E-state index is -0.394. The van der Waals surface area contributed by atoms with Crippen LogP contribution in [0, 0.1) is 5.82 Å². The van der Waals surface area contributed by atoms with Crippen LogP contribution in [0.3, 0.4) is 0 Å². The van der Waals surface area contributed by atoms with E-state index in [4.69, 9.17) is 15.2 Å². The average Bonchev–Trinajstić information content (AvgIpc) is 2.47. The van der Waals surface area contributed by atoms with Gasteiger partial charge in [0.25, 0.3) is 0 Å². The van der Waals surface area contributed by atoms with Crippen molar-refractivity contribution in [1.29, 1.82) is 0 Å². The summed E-state index contributed by atoms with van der Waals surface area (Å²) in [6.07, 6.45) is 0.125. The second kappa shape index (κ2) is 7.28. The van der Waals surface area contributed by atoms with Gasteiger partial charge in [0.2, 0.25) is 0 Å². The lowest BCUT2D eigenvalue weighted by Gasteiger charge is -2.07. The first kappa shape index (κ1) is 14.8. The molecule has 0 aliphatic carbocycles. The second-order valence-electron chi connectivity index (χ2n) is 4.46. The average molecular weight is 289 g/mol. The van der Waals surface area contributed by atoms with Crippen LogP contribution in [0.25, 0.3) is 0 Å². The van der Waals surface area contributed by atoms with E-state index in [2.05, 4.69) is 0 Å². The van der Waals surface area contributed by atoms with E-state index >= 15 is 0 Å². The number of anilines is 1. The molecule has 21 heavy (non-hydrogen) atoms. The van der Waals surface area contributed by atoms with Crippen molar-refractivity contribution in [3.8, 4) is 5.75 Å². The number of nitrogen functional groups attached to an aromatic ring is 1. The van der Waals surface area contributed by atoms with Crippen LogP contribution < -0.4 is 10.5 Å². The number of esters is 1. The van der Waals surface area contributed by atoms with Crippen molar-refractivity contribution in [2.75, 3.05) is 12.3 Å². The van der Waals surface area contributed by atoms with E-state index < -0.39 is 5.97 Å². The molecule has 0 fully saturated rings. The normalized spacial score (nSPS) is 10.1. The minimum Gasteiger partial charge on any atom is -0.493 e. The highest BCUT2D eigenvalue weighted by atomic mass is 19.1. The Morgan fingerprint density at radius 2 is 1.90 bits per heavy atom. The lowest BCUT2D eigenvalue weighted by molar-refractivity contribution is -0.145. The van der Waals surface area contributed by atoms with Gasteiger partial charge in [0.1, 0.15) is 18.2 Å². The third-order valence-electron chi connectivity index (χ3n) is 2.74. The zero-order valence-electron chi connectivity index (χ0n) is 11.4. The highest BCUT2D eigenvalue weighted by Gasteiger charge is 2.05. The third-order valence-corrected chi connectivity index (χ3v) is 2.74. The maximum atomic E-state index is 12.9. The summed E-state index contributed by atoms with van der Waals surface area (Å²) in [4.78, 5) is 11.5. The summed E-state index contributed by atoms with van der Waals surface area (Å²) >= 11 is 0. The van der Waals surface area contributed by atoms with Crippen LogP contribution in [-0.2, 0) is 16.1 Å². The topological polar surface area (TPSA) is 61.5 Å². The largest absolute Gasteiger partial charge is 0.493 e. The molecule has 0 radical (unpaired) electrons. The Bertz CT molecular complexity index is 599. The lowest BCUT2D eigenvalue weighted by atomic mass is 10.2. The molecule has 0 unspecified atom stereocenters. The Morgan fingerprint density at radius 1 is 1.14 bits per heavy atom. The van der Waals surface area contributed by atoms with Crippen molar-refractivity contribution >= 4 is 11.7 Å². The van der Waals surface area contributed by atoms with E-state index in [0.29, 0.717) is 17.0 Å². The third kappa shape index (κ3) is 5.14. The van der Waals surface area contributed by atoms with Gasteiger partial charge in [0.15, 0.2) is 0 Å². The molecule has 0 atom stereocenters. The quantitative estimate of drug-likeness (QED) is 0.656. The molecule has 0 aliphatic rings. The Kier molecular flexibility index (Phi) is 5.15. The van der Waals surface area contributed by atoms with Crippen molar-refractivity contribution in [3.05, 3.63) is 59.9 Å². The number of hydrogen-bond donors (Lipinski definition) is 1. The molecule has 0 saturated carbocycles. The van der Waals surface area contributed by atoms with E-state index in [0.717, 1.165) is 0 Å². The van der Waals surface area contributed by atoms with Gasteiger partial charge in [-0.1, -0.05) is 12.1 Å². The van der Waals surface area contributed by atoms with Gasteiger partial charge in [-0.25, -0.2) is 4.39 Å². The van der Waals surface area contributed by atoms with E-state index in [1.54, 1.807) is 36.4 Å². The molecular weight excluding hydrogens is 273 g/mol. The zero-order valence-corrected chi connectivity index (χ0v) is 11.4. The van der Waals surface area contributed by atoms with Gasteiger partial charge in [-0.15, -0.1) is 0 Å². The molecule has 0 amide bonds. The Morgan fingerprint density at radius 3 is 2.62 bits per heavy atom. The van der Waals surface area contributed by atoms with Crippen molar-refractivity contribution in [2.45, 2.75) is 13.0 Å². The van der Waals surface area contributed by atoms with Crippen LogP contribution in [0.4, 0.5) is 10.1 Å². The number of ether oxygens (including phenoxy) is 2. The van der Waals surface area contributed by atoms with E-state index in [1.165, 1.54) is 12.1 Å². The number of nitrogens with two attached hydrogens (primary N) is 1. The fourth-order valence-electron chi connectivity index (χ4n) is 1.68. The molecule has 0 bridgehead atoms. The molecule has 0 saturated heterocycles. The van der Waals surface area contributed by atoms with Crippen LogP contribution >= 0.6 is 0 Å². The van der Waals surface area contributed by atoms with Gasteiger partial charge in [0.05, 0.1) is 13.0 Å². The van der Waals surface area contributed by atoms with Gasteiger partial charge < -0.3 is 15.2 Å². The molecular formula is C16H16FNO3. The van der Waals surface area contributed by atoms with Crippen molar-refractivity contribution in [3.63, 3.8) is 0 Å². The number of rotatable bonds is 6. The maximum absolute atomic E-state index is 12.9. The van der Waals surface area contributed by atoms with Crippen LogP contribution in [0.5, 0.6) is 5.75 Å². The first-order chi connectivity index (χ1) is 10.1. The number of hydrogen-bond acceptors (Lipinski definition) is 4. The number of benzene rings is 2. The molecule has 5 heteroatoms. The first-order valence-corrected chi connectivity index (χ1v) is 6.52. The summed E-state index contributed by atoms with van der Waals surface area (Å²) in [5, 5.41) is 0. The van der Waals surface area contributed by atoms with Crippen molar-refractivity contribution in [1.82, 2.24) is 0 Å². The maximum Gasteiger partial charge on any atom is 0.309 e. The molecule has 110 valence electrons. The Balaban J connectivity index is 1.69. The summed E-state index contributed by atoms with van der Waals surface area (Å²) in [5.41, 5.74) is 6.82. The molecule has 0 aliphatic heterocycles. The van der Waals surface area contributed by atoms with E-state index in [1.807, 2.05) is 0 Å². The summed E-state index contributed by atoms with van der Waals surface area (Å²) < 4.78 is 23.4. The Hall–Kier alpha value is -2.56. The number of carbonyl (C=O) groups is 1. The van der Waals surface area contributed by atoms with Crippen LogP contribution in [0.15, 0.2) is 48.5 Å². The van der Waals surface area contributed by atoms with Crippen molar-refractivity contribution in [2.24, 2.45) is 0 Å². The molecule has 2 N–H and O–H groups in total. The number of carbonyl (C=O) groups excluding carboxylic acids is 1. The van der Waals surface area contributed by atoms with Crippen LogP contribution in [0.1, 0.15) is 12.0 Å². The van der Waals surface area contributed by atoms with Gasteiger partial charge in [0, 0.05) is 5.69 Å². The summed E-state index contributed by atoms with van der Waals surface area (Å²) in [5.74, 6) is -0.105. The predicted molar refractivity (Wildman–Crippen MR) is 77.2 cm³/mol. The SMILES string of the molecule is Nc1ccc(OCCC(=O)OCc2cccc(F)c2)cc1. The van der Waals surface area contributed by atoms with Gasteiger partial charge in [-0.2, -0.15) is 0 Å². The standard InChI is InChI=1S/C16H16FNO3/c17-13-3-1-2-12(10-13)11-21-16(19)8-9-20-15-6-4-14(18)5-7-15/h1-7,10H,8-9,11,18H2. The van der Waals surface area contributed by atoms with E-state index in [-0.39, 0.29) is 25.5 Å². The molecule has 0 aromatic heterocycles. The molecule has 0 heterocycles. The predicted octanol–water partition coefficient (Wildman–Crippen LogP) is 2.92. The molecule has 2 aromatic carbocycles. The fraction of sp³-hybridized carbons (Fsp3) is 0.188. The van der Waals surface area contributed by atoms with Gasteiger partial charge in [-0.05, 0) is 42.0 Å². The molecule has 0 spiro atoms.